The summed E-state index contributed by atoms with van der Waals surface area (Å²) >= 11 is 5.40. The average molecular weight is 262 g/mol. The highest BCUT2D eigenvalue weighted by molar-refractivity contribution is 6.18. The molecule has 6 nitrogen and oxygen atoms in total. The molecule has 0 bridgehead atoms. The van der Waals surface area contributed by atoms with Crippen LogP contribution in [-0.4, -0.2) is 34.2 Å². The maximum absolute atomic E-state index is 10.7. The van der Waals surface area contributed by atoms with Crippen LogP contribution in [0.5, 0.6) is 5.75 Å². The first kappa shape index (κ1) is 13.7. The lowest BCUT2D eigenvalue weighted by molar-refractivity contribution is -0.385. The van der Waals surface area contributed by atoms with Crippen molar-refractivity contribution in [3.8, 4) is 5.75 Å². The Kier molecular flexibility index (Phi) is 4.68. The minimum Gasteiger partial charge on any atom is -0.496 e. The molecule has 0 aromatic heterocycles. The van der Waals surface area contributed by atoms with E-state index in [1.165, 1.54) is 25.3 Å². The molecule has 0 radical (unpaired) electrons. The maximum atomic E-state index is 10.7. The fraction of sp³-hybridized carbons (Fsp3) is 0.400. The second-order valence-corrected chi connectivity index (χ2v) is 3.70. The van der Waals surface area contributed by atoms with E-state index in [4.69, 9.17) is 16.3 Å². The normalized spacial score (nSPS) is 14.1. The molecule has 7 heteroatoms. The Morgan fingerprint density at radius 3 is 2.59 bits per heavy atom. The summed E-state index contributed by atoms with van der Waals surface area (Å²) in [5, 5.41) is 29.7. The number of ether oxygens (including phenoxy) is 1. The number of non-ortho nitro benzene ring substituents is 1. The predicted molar refractivity (Wildman–Crippen MR) is 61.3 cm³/mol. The smallest absolute Gasteiger partial charge is 0.273 e. The van der Waals surface area contributed by atoms with Gasteiger partial charge in [0.2, 0.25) is 0 Å². The van der Waals surface area contributed by atoms with Gasteiger partial charge in [-0.2, -0.15) is 0 Å². The second-order valence-electron chi connectivity index (χ2n) is 3.39. The standard InChI is InChI=1S/C10H12ClNO5/c1-17-8-3-6(10(14)9(13)5-11)2-7(4-8)12(15)16/h2-4,9-10,13-14H,5H2,1H3. The minimum absolute atomic E-state index is 0.174. The Labute approximate surface area is 103 Å². The van der Waals surface area contributed by atoms with Crippen LogP contribution >= 0.6 is 11.6 Å². The van der Waals surface area contributed by atoms with Crippen molar-refractivity contribution < 1.29 is 19.9 Å². The third-order valence-electron chi connectivity index (χ3n) is 2.22. The van der Waals surface area contributed by atoms with E-state index in [1.807, 2.05) is 0 Å². The summed E-state index contributed by atoms with van der Waals surface area (Å²) in [6.07, 6.45) is -2.48. The molecule has 0 amide bonds. The molecule has 0 saturated carbocycles. The van der Waals surface area contributed by atoms with Gasteiger partial charge < -0.3 is 14.9 Å². The Hall–Kier alpha value is -1.37. The Balaban J connectivity index is 3.14. The van der Waals surface area contributed by atoms with E-state index in [0.29, 0.717) is 0 Å². The number of benzene rings is 1. The van der Waals surface area contributed by atoms with Crippen molar-refractivity contribution in [2.24, 2.45) is 0 Å². The molecule has 0 saturated heterocycles. The van der Waals surface area contributed by atoms with E-state index >= 15 is 0 Å². The molecule has 0 aliphatic rings. The van der Waals surface area contributed by atoms with Crippen molar-refractivity contribution in [1.29, 1.82) is 0 Å². The van der Waals surface area contributed by atoms with Crippen LogP contribution < -0.4 is 4.74 Å². The Bertz CT molecular complexity index is 412. The number of hydrogen-bond acceptors (Lipinski definition) is 5. The SMILES string of the molecule is COc1cc(C(O)C(O)CCl)cc([N+](=O)[O-])c1. The summed E-state index contributed by atoms with van der Waals surface area (Å²) in [5.74, 6) is 0.0571. The summed E-state index contributed by atoms with van der Waals surface area (Å²) in [7, 11) is 1.35. The van der Waals surface area contributed by atoms with Crippen molar-refractivity contribution in [1.82, 2.24) is 0 Å². The van der Waals surface area contributed by atoms with Crippen LogP contribution in [-0.2, 0) is 0 Å². The van der Waals surface area contributed by atoms with Crippen LogP contribution in [0, 0.1) is 10.1 Å². The first-order valence-corrected chi connectivity index (χ1v) is 5.28. The molecule has 0 aliphatic heterocycles. The molecule has 0 heterocycles. The zero-order chi connectivity index (χ0) is 13.0. The number of methoxy groups -OCH3 is 1. The third kappa shape index (κ3) is 3.29. The number of nitro benzene ring substituents is 1. The third-order valence-corrected chi connectivity index (χ3v) is 2.54. The van der Waals surface area contributed by atoms with E-state index in [0.717, 1.165) is 0 Å². The molecule has 0 spiro atoms. The lowest BCUT2D eigenvalue weighted by Crippen LogP contribution is -2.19. The predicted octanol–water partition coefficient (Wildman–Crippen LogP) is 1.24. The molecule has 1 rings (SSSR count). The van der Waals surface area contributed by atoms with Crippen molar-refractivity contribution in [3.63, 3.8) is 0 Å². The average Bonchev–Trinajstić information content (AvgIpc) is 2.36. The van der Waals surface area contributed by atoms with Gasteiger partial charge in [-0.15, -0.1) is 11.6 Å². The van der Waals surface area contributed by atoms with Crippen LogP contribution in [0.1, 0.15) is 11.7 Å². The second kappa shape index (κ2) is 5.81. The molecule has 2 unspecified atom stereocenters. The highest BCUT2D eigenvalue weighted by Crippen LogP contribution is 2.28. The van der Waals surface area contributed by atoms with E-state index in [9.17, 15) is 20.3 Å². The molecule has 0 aliphatic carbocycles. The molecule has 1 aromatic carbocycles. The van der Waals surface area contributed by atoms with Gasteiger partial charge in [0.15, 0.2) is 0 Å². The fourth-order valence-corrected chi connectivity index (χ4v) is 1.48. The van der Waals surface area contributed by atoms with E-state index in [2.05, 4.69) is 0 Å². The molecule has 94 valence electrons. The van der Waals surface area contributed by atoms with Crippen LogP contribution in [0.3, 0.4) is 0 Å². The lowest BCUT2D eigenvalue weighted by atomic mass is 10.0. The number of aliphatic hydroxyl groups is 2. The minimum atomic E-state index is -1.29. The summed E-state index contributed by atoms with van der Waals surface area (Å²) < 4.78 is 4.88. The zero-order valence-corrected chi connectivity index (χ0v) is 9.79. The molecule has 0 fully saturated rings. The van der Waals surface area contributed by atoms with Gasteiger partial charge in [0.05, 0.1) is 30.1 Å². The number of aliphatic hydroxyl groups excluding tert-OH is 2. The molecule has 1 aromatic rings. The molecule has 2 N–H and O–H groups in total. The number of nitrogens with zero attached hydrogens (tertiary/aromatic N) is 1. The topological polar surface area (TPSA) is 92.8 Å². The molecule has 2 atom stereocenters. The maximum Gasteiger partial charge on any atom is 0.273 e. The van der Waals surface area contributed by atoms with E-state index in [-0.39, 0.29) is 22.9 Å². The Morgan fingerprint density at radius 2 is 2.12 bits per heavy atom. The summed E-state index contributed by atoms with van der Waals surface area (Å²) in [6.45, 7) is 0. The fourth-order valence-electron chi connectivity index (χ4n) is 1.31. The summed E-state index contributed by atoms with van der Waals surface area (Å²) in [6, 6.07) is 3.81. The lowest BCUT2D eigenvalue weighted by Gasteiger charge is -2.16. The number of rotatable bonds is 5. The van der Waals surface area contributed by atoms with Gasteiger partial charge in [-0.25, -0.2) is 0 Å². The van der Waals surface area contributed by atoms with Crippen molar-refractivity contribution in [2.45, 2.75) is 12.2 Å². The highest BCUT2D eigenvalue weighted by atomic mass is 35.5. The monoisotopic (exact) mass is 261 g/mol. The first-order chi connectivity index (χ1) is 7.99. The first-order valence-electron chi connectivity index (χ1n) is 4.75. The van der Waals surface area contributed by atoms with E-state index in [1.54, 1.807) is 0 Å². The number of nitro groups is 1. The van der Waals surface area contributed by atoms with Gasteiger partial charge in [0.25, 0.3) is 5.69 Å². The van der Waals surface area contributed by atoms with Crippen LogP contribution in [0.4, 0.5) is 5.69 Å². The van der Waals surface area contributed by atoms with Gasteiger partial charge in [-0.1, -0.05) is 0 Å². The van der Waals surface area contributed by atoms with Crippen LogP contribution in [0.25, 0.3) is 0 Å². The van der Waals surface area contributed by atoms with Crippen LogP contribution in [0.2, 0.25) is 0 Å². The number of hydrogen-bond donors (Lipinski definition) is 2. The molecule has 17 heavy (non-hydrogen) atoms. The van der Waals surface area contributed by atoms with Crippen molar-refractivity contribution >= 4 is 17.3 Å². The quantitative estimate of drug-likeness (QED) is 0.472. The highest BCUT2D eigenvalue weighted by Gasteiger charge is 2.21. The number of alkyl halides is 1. The van der Waals surface area contributed by atoms with Crippen molar-refractivity contribution in [2.75, 3.05) is 13.0 Å². The molecular formula is C10H12ClNO5. The van der Waals surface area contributed by atoms with Gasteiger partial charge in [-0.05, 0) is 11.6 Å². The van der Waals surface area contributed by atoms with E-state index < -0.39 is 17.1 Å². The van der Waals surface area contributed by atoms with Crippen molar-refractivity contribution in [3.05, 3.63) is 33.9 Å². The Morgan fingerprint density at radius 1 is 1.47 bits per heavy atom. The largest absolute Gasteiger partial charge is 0.496 e. The number of halogens is 1. The molecular weight excluding hydrogens is 250 g/mol. The van der Waals surface area contributed by atoms with Gasteiger partial charge >= 0.3 is 0 Å². The van der Waals surface area contributed by atoms with Gasteiger partial charge in [0, 0.05) is 6.07 Å². The van der Waals surface area contributed by atoms with Gasteiger partial charge in [0.1, 0.15) is 11.9 Å². The van der Waals surface area contributed by atoms with Gasteiger partial charge in [-0.3, -0.25) is 10.1 Å². The summed E-state index contributed by atoms with van der Waals surface area (Å²) in [5.41, 5.74) is -0.0376. The van der Waals surface area contributed by atoms with Crippen LogP contribution in [0.15, 0.2) is 18.2 Å². The zero-order valence-electron chi connectivity index (χ0n) is 9.04. The summed E-state index contributed by atoms with van der Waals surface area (Å²) in [4.78, 5) is 10.1.